The number of carbonyl (C=O) groups is 3. The summed E-state index contributed by atoms with van der Waals surface area (Å²) in [4.78, 5) is 37.0. The molecule has 0 saturated carbocycles. The van der Waals surface area contributed by atoms with E-state index in [4.69, 9.17) is 0 Å². The molecule has 1 aliphatic rings. The van der Waals surface area contributed by atoms with Crippen LogP contribution >= 0.6 is 0 Å². The van der Waals surface area contributed by atoms with Gasteiger partial charge < -0.3 is 10.6 Å². The third kappa shape index (κ3) is 3.99. The molecule has 0 aliphatic carbocycles. The first-order chi connectivity index (χ1) is 12.4. The third-order valence-electron chi connectivity index (χ3n) is 4.30. The summed E-state index contributed by atoms with van der Waals surface area (Å²) in [5.41, 5.74) is 1.37. The molecule has 1 aliphatic heterocycles. The number of ketones is 1. The maximum absolute atomic E-state index is 12.4. The molecule has 1 aromatic carbocycles. The summed E-state index contributed by atoms with van der Waals surface area (Å²) < 4.78 is 1.69. The average molecular weight is 354 g/mol. The summed E-state index contributed by atoms with van der Waals surface area (Å²) >= 11 is 0. The van der Waals surface area contributed by atoms with Gasteiger partial charge in [-0.3, -0.25) is 14.4 Å². The number of anilines is 1. The van der Waals surface area contributed by atoms with Crippen LogP contribution in [0.25, 0.3) is 5.69 Å². The van der Waals surface area contributed by atoms with Crippen LogP contribution in [0.5, 0.6) is 0 Å². The number of nitrogens with zero attached hydrogens (tertiary/aromatic N) is 2. The maximum atomic E-state index is 12.4. The van der Waals surface area contributed by atoms with Crippen molar-refractivity contribution >= 4 is 23.3 Å². The SMILES string of the molecule is CC(C)CC1CC(=O)C(C(=O)Nc2ccc(-n3cccn3)cc2)C(=O)N1. The largest absolute Gasteiger partial charge is 0.352 e. The maximum Gasteiger partial charge on any atom is 0.244 e. The number of hydrogen-bond acceptors (Lipinski definition) is 4. The van der Waals surface area contributed by atoms with Crippen molar-refractivity contribution in [1.29, 1.82) is 0 Å². The quantitative estimate of drug-likeness (QED) is 0.803. The van der Waals surface area contributed by atoms with E-state index in [1.807, 2.05) is 26.1 Å². The van der Waals surface area contributed by atoms with Gasteiger partial charge in [-0.15, -0.1) is 0 Å². The summed E-state index contributed by atoms with van der Waals surface area (Å²) in [7, 11) is 0. The van der Waals surface area contributed by atoms with Gasteiger partial charge in [0, 0.05) is 30.5 Å². The van der Waals surface area contributed by atoms with Gasteiger partial charge in [0.1, 0.15) is 0 Å². The van der Waals surface area contributed by atoms with Crippen molar-refractivity contribution in [3.8, 4) is 5.69 Å². The van der Waals surface area contributed by atoms with Gasteiger partial charge in [-0.05, 0) is 42.7 Å². The number of Topliss-reactive ketones (excluding diaryl/α,β-unsaturated/α-hetero) is 1. The van der Waals surface area contributed by atoms with Crippen molar-refractivity contribution in [2.75, 3.05) is 5.32 Å². The van der Waals surface area contributed by atoms with Gasteiger partial charge in [-0.2, -0.15) is 5.10 Å². The van der Waals surface area contributed by atoms with E-state index in [9.17, 15) is 14.4 Å². The summed E-state index contributed by atoms with van der Waals surface area (Å²) in [5, 5.41) is 9.57. The number of rotatable bonds is 5. The Morgan fingerprint density at radius 2 is 2.04 bits per heavy atom. The average Bonchev–Trinajstić information content (AvgIpc) is 3.08. The van der Waals surface area contributed by atoms with Crippen molar-refractivity contribution in [2.45, 2.75) is 32.7 Å². The Hall–Kier alpha value is -2.96. The highest BCUT2D eigenvalue weighted by Crippen LogP contribution is 2.20. The molecule has 0 radical (unpaired) electrons. The number of amides is 2. The number of benzene rings is 1. The first kappa shape index (κ1) is 17.8. The topological polar surface area (TPSA) is 93.1 Å². The molecule has 2 amide bonds. The number of nitrogens with one attached hydrogen (secondary N) is 2. The molecule has 2 aromatic rings. The van der Waals surface area contributed by atoms with Crippen LogP contribution in [0.1, 0.15) is 26.7 Å². The number of carbonyl (C=O) groups excluding carboxylic acids is 3. The molecule has 1 fully saturated rings. The zero-order valence-electron chi connectivity index (χ0n) is 14.8. The van der Waals surface area contributed by atoms with Crippen molar-refractivity contribution in [3.63, 3.8) is 0 Å². The van der Waals surface area contributed by atoms with E-state index in [-0.39, 0.29) is 18.2 Å². The molecule has 2 atom stereocenters. The van der Waals surface area contributed by atoms with Crippen LogP contribution in [0.15, 0.2) is 42.7 Å². The Balaban J connectivity index is 1.64. The lowest BCUT2D eigenvalue weighted by atomic mass is 9.88. The van der Waals surface area contributed by atoms with Crippen molar-refractivity contribution in [2.24, 2.45) is 11.8 Å². The van der Waals surface area contributed by atoms with Crippen LogP contribution in [0.3, 0.4) is 0 Å². The fourth-order valence-electron chi connectivity index (χ4n) is 3.15. The van der Waals surface area contributed by atoms with Crippen molar-refractivity contribution < 1.29 is 14.4 Å². The monoisotopic (exact) mass is 354 g/mol. The number of piperidine rings is 1. The second-order valence-corrected chi connectivity index (χ2v) is 6.93. The minimum absolute atomic E-state index is 0.188. The Morgan fingerprint density at radius 1 is 1.31 bits per heavy atom. The molecule has 7 nitrogen and oxygen atoms in total. The van der Waals surface area contributed by atoms with Gasteiger partial charge in [0.25, 0.3) is 0 Å². The van der Waals surface area contributed by atoms with E-state index in [1.54, 1.807) is 35.1 Å². The Morgan fingerprint density at radius 3 is 2.62 bits per heavy atom. The summed E-state index contributed by atoms with van der Waals surface area (Å²) in [6.45, 7) is 4.06. The first-order valence-electron chi connectivity index (χ1n) is 8.68. The normalized spacial score (nSPS) is 20.1. The van der Waals surface area contributed by atoms with E-state index >= 15 is 0 Å². The Bertz CT molecular complexity index is 779. The predicted molar refractivity (Wildman–Crippen MR) is 96.7 cm³/mol. The molecular weight excluding hydrogens is 332 g/mol. The standard InChI is InChI=1S/C19H22N4O3/c1-12(2)10-14-11-16(24)17(19(26)22-14)18(25)21-13-4-6-15(7-5-13)23-9-3-8-20-23/h3-9,12,14,17H,10-11H2,1-2H3,(H,21,25)(H,22,26). The van der Waals surface area contributed by atoms with Gasteiger partial charge >= 0.3 is 0 Å². The number of hydrogen-bond donors (Lipinski definition) is 2. The highest BCUT2D eigenvalue weighted by Gasteiger charge is 2.40. The summed E-state index contributed by atoms with van der Waals surface area (Å²) in [5.74, 6) is -2.36. The number of aromatic nitrogens is 2. The van der Waals surface area contributed by atoms with Gasteiger partial charge in [-0.1, -0.05) is 13.8 Å². The molecule has 26 heavy (non-hydrogen) atoms. The predicted octanol–water partition coefficient (Wildman–Crippen LogP) is 1.93. The molecule has 1 aromatic heterocycles. The zero-order valence-corrected chi connectivity index (χ0v) is 14.8. The lowest BCUT2D eigenvalue weighted by Gasteiger charge is -2.28. The molecule has 0 bridgehead atoms. The molecule has 2 unspecified atom stereocenters. The molecule has 2 heterocycles. The molecule has 3 rings (SSSR count). The van der Waals surface area contributed by atoms with Crippen molar-refractivity contribution in [3.05, 3.63) is 42.7 Å². The second kappa shape index (κ2) is 7.51. The smallest absolute Gasteiger partial charge is 0.244 e. The van der Waals surface area contributed by atoms with Gasteiger partial charge in [0.05, 0.1) is 5.69 Å². The Labute approximate surface area is 151 Å². The lowest BCUT2D eigenvalue weighted by molar-refractivity contribution is -0.143. The lowest BCUT2D eigenvalue weighted by Crippen LogP contribution is -2.53. The second-order valence-electron chi connectivity index (χ2n) is 6.93. The Kier molecular flexibility index (Phi) is 5.16. The van der Waals surface area contributed by atoms with Gasteiger partial charge in [0.15, 0.2) is 11.7 Å². The molecule has 0 spiro atoms. The van der Waals surface area contributed by atoms with E-state index in [2.05, 4.69) is 15.7 Å². The van der Waals surface area contributed by atoms with Crippen LogP contribution in [0.2, 0.25) is 0 Å². The van der Waals surface area contributed by atoms with E-state index in [0.717, 1.165) is 12.1 Å². The van der Waals surface area contributed by atoms with E-state index < -0.39 is 17.7 Å². The van der Waals surface area contributed by atoms with E-state index in [1.165, 1.54) is 0 Å². The van der Waals surface area contributed by atoms with Gasteiger partial charge in [0.2, 0.25) is 11.8 Å². The van der Waals surface area contributed by atoms with Crippen LogP contribution in [-0.2, 0) is 14.4 Å². The van der Waals surface area contributed by atoms with Crippen LogP contribution in [-0.4, -0.2) is 33.4 Å². The van der Waals surface area contributed by atoms with Crippen LogP contribution in [0.4, 0.5) is 5.69 Å². The highest BCUT2D eigenvalue weighted by molar-refractivity contribution is 6.22. The highest BCUT2D eigenvalue weighted by atomic mass is 16.2. The van der Waals surface area contributed by atoms with Crippen LogP contribution in [0, 0.1) is 11.8 Å². The fourth-order valence-corrected chi connectivity index (χ4v) is 3.15. The fraction of sp³-hybridized carbons (Fsp3) is 0.368. The van der Waals surface area contributed by atoms with Gasteiger partial charge in [-0.25, -0.2) is 4.68 Å². The molecule has 7 heteroatoms. The molecule has 1 saturated heterocycles. The summed E-state index contributed by atoms with van der Waals surface area (Å²) in [6, 6.07) is 8.64. The molecule has 2 N–H and O–H groups in total. The molecule has 136 valence electrons. The van der Waals surface area contributed by atoms with E-state index in [0.29, 0.717) is 11.6 Å². The van der Waals surface area contributed by atoms with Crippen molar-refractivity contribution in [1.82, 2.24) is 15.1 Å². The molecular formula is C19H22N4O3. The minimum Gasteiger partial charge on any atom is -0.352 e. The van der Waals surface area contributed by atoms with Crippen LogP contribution < -0.4 is 10.6 Å². The minimum atomic E-state index is -1.29. The summed E-state index contributed by atoms with van der Waals surface area (Å²) in [6.07, 6.45) is 4.41. The third-order valence-corrected chi connectivity index (χ3v) is 4.30. The zero-order chi connectivity index (χ0) is 18.7. The first-order valence-corrected chi connectivity index (χ1v) is 8.68.